The fourth-order valence-electron chi connectivity index (χ4n) is 2.57. The third kappa shape index (κ3) is 4.62. The zero-order valence-corrected chi connectivity index (χ0v) is 15.1. The van der Waals surface area contributed by atoms with Crippen LogP contribution in [0.4, 0.5) is 5.69 Å². The average Bonchev–Trinajstić information content (AvgIpc) is 2.67. The van der Waals surface area contributed by atoms with Crippen molar-refractivity contribution in [1.82, 2.24) is 0 Å². The van der Waals surface area contributed by atoms with Gasteiger partial charge in [-0.3, -0.25) is 4.72 Å². The molecule has 0 amide bonds. The fraction of sp³-hybridized carbons (Fsp3) is 0. The van der Waals surface area contributed by atoms with Crippen molar-refractivity contribution in [2.24, 2.45) is 0 Å². The second-order valence-corrected chi connectivity index (χ2v) is 7.44. The van der Waals surface area contributed by atoms with E-state index in [1.54, 1.807) is 24.3 Å². The summed E-state index contributed by atoms with van der Waals surface area (Å²) in [5.41, 5.74) is 2.77. The van der Waals surface area contributed by atoms with Gasteiger partial charge in [-0.2, -0.15) is 0 Å². The molecule has 3 rings (SSSR count). The predicted molar refractivity (Wildman–Crippen MR) is 106 cm³/mol. The Kier molecular flexibility index (Phi) is 5.38. The first-order valence-corrected chi connectivity index (χ1v) is 9.62. The van der Waals surface area contributed by atoms with Crippen LogP contribution < -0.4 is 4.72 Å². The van der Waals surface area contributed by atoms with Crippen molar-refractivity contribution in [3.63, 3.8) is 0 Å². The summed E-state index contributed by atoms with van der Waals surface area (Å²) in [5, 5.41) is 8.65. The van der Waals surface area contributed by atoms with Crippen molar-refractivity contribution in [2.75, 3.05) is 4.72 Å². The molecule has 136 valence electrons. The standard InChI is InChI=1S/C21H17NO4S/c23-21(24)15-12-16-10-13-18(14-11-16)27(25,26)22-20-9-5-4-8-19(20)17-6-2-1-3-7-17/h1-15,22H,(H,23,24)/b15-12+. The van der Waals surface area contributed by atoms with E-state index in [9.17, 15) is 13.2 Å². The minimum Gasteiger partial charge on any atom is -0.478 e. The first kappa shape index (κ1) is 18.4. The van der Waals surface area contributed by atoms with Crippen molar-refractivity contribution >= 4 is 27.8 Å². The largest absolute Gasteiger partial charge is 0.478 e. The van der Waals surface area contributed by atoms with Gasteiger partial charge >= 0.3 is 5.97 Å². The van der Waals surface area contributed by atoms with Crippen molar-refractivity contribution < 1.29 is 18.3 Å². The Balaban J connectivity index is 1.89. The van der Waals surface area contributed by atoms with Crippen molar-refractivity contribution in [3.8, 4) is 11.1 Å². The molecule has 27 heavy (non-hydrogen) atoms. The molecule has 0 atom stereocenters. The quantitative estimate of drug-likeness (QED) is 0.627. The molecule has 3 aromatic carbocycles. The molecule has 0 bridgehead atoms. The van der Waals surface area contributed by atoms with E-state index in [0.717, 1.165) is 17.2 Å². The van der Waals surface area contributed by atoms with Gasteiger partial charge < -0.3 is 5.11 Å². The van der Waals surface area contributed by atoms with Crippen LogP contribution in [0.25, 0.3) is 17.2 Å². The number of nitrogens with one attached hydrogen (secondary N) is 1. The number of hydrogen-bond acceptors (Lipinski definition) is 3. The molecule has 0 aliphatic heterocycles. The lowest BCUT2D eigenvalue weighted by atomic mass is 10.0. The highest BCUT2D eigenvalue weighted by atomic mass is 32.2. The Morgan fingerprint density at radius 1 is 0.852 bits per heavy atom. The molecule has 5 nitrogen and oxygen atoms in total. The van der Waals surface area contributed by atoms with Gasteiger partial charge in [-0.15, -0.1) is 0 Å². The number of para-hydroxylation sites is 1. The number of carboxylic acid groups (broad SMARTS) is 1. The summed E-state index contributed by atoms with van der Waals surface area (Å²) in [5.74, 6) is -1.06. The molecule has 0 fully saturated rings. The van der Waals surface area contributed by atoms with Crippen LogP contribution in [0.15, 0.2) is 89.8 Å². The number of hydrogen-bond donors (Lipinski definition) is 2. The summed E-state index contributed by atoms with van der Waals surface area (Å²) in [6, 6.07) is 22.7. The maximum Gasteiger partial charge on any atom is 0.328 e. The third-order valence-electron chi connectivity index (χ3n) is 3.86. The molecular formula is C21H17NO4S. The van der Waals surface area contributed by atoms with Gasteiger partial charge in [-0.25, -0.2) is 13.2 Å². The SMILES string of the molecule is O=C(O)/C=C/c1ccc(S(=O)(=O)Nc2ccccc2-c2ccccc2)cc1. The highest BCUT2D eigenvalue weighted by Gasteiger charge is 2.16. The number of anilines is 1. The molecule has 0 saturated carbocycles. The van der Waals surface area contributed by atoms with Gasteiger partial charge in [0.15, 0.2) is 0 Å². The number of rotatable bonds is 6. The Labute approximate surface area is 157 Å². The minimum atomic E-state index is -3.78. The van der Waals surface area contributed by atoms with E-state index in [1.165, 1.54) is 18.2 Å². The van der Waals surface area contributed by atoms with Crippen LogP contribution in [-0.4, -0.2) is 19.5 Å². The molecule has 6 heteroatoms. The zero-order valence-electron chi connectivity index (χ0n) is 14.2. The van der Waals surface area contributed by atoms with Gasteiger partial charge in [0.25, 0.3) is 10.0 Å². The molecule has 0 aromatic heterocycles. The van der Waals surface area contributed by atoms with Gasteiger partial charge in [0.2, 0.25) is 0 Å². The smallest absolute Gasteiger partial charge is 0.328 e. The van der Waals surface area contributed by atoms with Gasteiger partial charge in [0, 0.05) is 11.6 Å². The normalized spacial score (nSPS) is 11.4. The van der Waals surface area contributed by atoms with Crippen molar-refractivity contribution in [2.45, 2.75) is 4.90 Å². The number of carbonyl (C=O) groups is 1. The molecule has 0 radical (unpaired) electrons. The van der Waals surface area contributed by atoms with Crippen LogP contribution in [-0.2, 0) is 14.8 Å². The molecule has 0 heterocycles. The monoisotopic (exact) mass is 379 g/mol. The fourth-order valence-corrected chi connectivity index (χ4v) is 3.65. The molecule has 0 aliphatic rings. The Morgan fingerprint density at radius 2 is 1.48 bits per heavy atom. The van der Waals surface area contributed by atoms with Crippen LogP contribution in [0, 0.1) is 0 Å². The van der Waals surface area contributed by atoms with E-state index in [2.05, 4.69) is 4.72 Å². The number of aliphatic carboxylic acids is 1. The van der Waals surface area contributed by atoms with Gasteiger partial charge in [-0.1, -0.05) is 60.7 Å². The summed E-state index contributed by atoms with van der Waals surface area (Å²) < 4.78 is 28.1. The van der Waals surface area contributed by atoms with Crippen LogP contribution in [0.5, 0.6) is 0 Å². The van der Waals surface area contributed by atoms with Gasteiger partial charge in [0.1, 0.15) is 0 Å². The number of carboxylic acids is 1. The van der Waals surface area contributed by atoms with Crippen LogP contribution in [0.3, 0.4) is 0 Å². The molecule has 0 spiro atoms. The van der Waals surface area contributed by atoms with Crippen molar-refractivity contribution in [1.29, 1.82) is 0 Å². The summed E-state index contributed by atoms with van der Waals surface area (Å²) in [6.45, 7) is 0. The molecular weight excluding hydrogens is 362 g/mol. The molecule has 2 N–H and O–H groups in total. The average molecular weight is 379 g/mol. The molecule has 0 aliphatic carbocycles. The second-order valence-electron chi connectivity index (χ2n) is 5.76. The Bertz CT molecular complexity index is 1070. The number of benzene rings is 3. The van der Waals surface area contributed by atoms with E-state index >= 15 is 0 Å². The summed E-state index contributed by atoms with van der Waals surface area (Å²) >= 11 is 0. The highest BCUT2D eigenvalue weighted by molar-refractivity contribution is 7.92. The van der Waals surface area contributed by atoms with E-state index in [1.807, 2.05) is 42.5 Å². The topological polar surface area (TPSA) is 83.5 Å². The second kappa shape index (κ2) is 7.88. The minimum absolute atomic E-state index is 0.0952. The molecule has 0 unspecified atom stereocenters. The lowest BCUT2D eigenvalue weighted by Crippen LogP contribution is -2.13. The van der Waals surface area contributed by atoms with Crippen molar-refractivity contribution in [3.05, 3.63) is 90.5 Å². The summed E-state index contributed by atoms with van der Waals surface area (Å²) in [6.07, 6.45) is 2.40. The third-order valence-corrected chi connectivity index (χ3v) is 5.25. The Morgan fingerprint density at radius 3 is 2.15 bits per heavy atom. The number of sulfonamides is 1. The highest BCUT2D eigenvalue weighted by Crippen LogP contribution is 2.29. The summed E-state index contributed by atoms with van der Waals surface area (Å²) in [4.78, 5) is 10.7. The molecule has 3 aromatic rings. The van der Waals surface area contributed by atoms with Gasteiger partial charge in [-0.05, 0) is 35.4 Å². The van der Waals surface area contributed by atoms with E-state index < -0.39 is 16.0 Å². The zero-order chi connectivity index (χ0) is 19.3. The maximum absolute atomic E-state index is 12.7. The maximum atomic E-state index is 12.7. The lowest BCUT2D eigenvalue weighted by Gasteiger charge is -2.13. The van der Waals surface area contributed by atoms with E-state index in [4.69, 9.17) is 5.11 Å². The van der Waals surface area contributed by atoms with Gasteiger partial charge in [0.05, 0.1) is 10.6 Å². The Hall–Kier alpha value is -3.38. The molecule has 0 saturated heterocycles. The first-order chi connectivity index (χ1) is 13.0. The van der Waals surface area contributed by atoms with E-state index in [-0.39, 0.29) is 4.90 Å². The lowest BCUT2D eigenvalue weighted by molar-refractivity contribution is -0.131. The van der Waals surface area contributed by atoms with Crippen LogP contribution in [0.2, 0.25) is 0 Å². The van der Waals surface area contributed by atoms with Crippen LogP contribution in [0.1, 0.15) is 5.56 Å². The van der Waals surface area contributed by atoms with E-state index in [0.29, 0.717) is 11.3 Å². The van der Waals surface area contributed by atoms with Crippen LogP contribution >= 0.6 is 0 Å². The summed E-state index contributed by atoms with van der Waals surface area (Å²) in [7, 11) is -3.78. The predicted octanol–water partition coefficient (Wildman–Crippen LogP) is 4.25. The first-order valence-electron chi connectivity index (χ1n) is 8.14.